The second-order valence-corrected chi connectivity index (χ2v) is 9.62. The smallest absolute Gasteiger partial charge is 0.0998 e. The number of rotatable bonds is 2. The summed E-state index contributed by atoms with van der Waals surface area (Å²) in [7, 11) is 0. The molecule has 0 N–H and O–H groups in total. The third-order valence-corrected chi connectivity index (χ3v) is 5.15. The minimum atomic E-state index is 0.611. The molecule has 0 bridgehead atoms. The van der Waals surface area contributed by atoms with Crippen LogP contribution in [-0.4, -0.2) is 0 Å². The predicted octanol–water partition coefficient (Wildman–Crippen LogP) is 7.87. The van der Waals surface area contributed by atoms with Gasteiger partial charge in [-0.2, -0.15) is 10.5 Å². The maximum absolute atomic E-state index is 8.87. The Bertz CT molecular complexity index is 971. The molecular weight excluding hydrogens is 532 g/mol. The third kappa shape index (κ3) is 7.46. The standard InChI is InChI=1S/C12H10N2.C10H9Br3/c1-9-6-11(4-3-5-13)12(8-14)7-10(9)2;1-6-3-8(5-10(12)13)9(11)4-7(6)2/h3-4,6-7H,1-2H3;3-5H,1-2H3/b4-3+;. The number of benzene rings is 2. The van der Waals surface area contributed by atoms with Crippen molar-refractivity contribution in [2.24, 2.45) is 0 Å². The normalized spacial score (nSPS) is 9.81. The Labute approximate surface area is 186 Å². The number of allylic oxidation sites excluding steroid dienone is 1. The average molecular weight is 551 g/mol. The van der Waals surface area contributed by atoms with Crippen molar-refractivity contribution in [3.05, 3.63) is 77.2 Å². The lowest BCUT2D eigenvalue weighted by molar-refractivity contribution is 1.31. The molecular formula is C22H19Br3N2. The molecule has 0 heterocycles. The fraction of sp³-hybridized carbons (Fsp3) is 0.182. The highest BCUT2D eigenvalue weighted by atomic mass is 79.9. The van der Waals surface area contributed by atoms with E-state index in [0.29, 0.717) is 5.56 Å². The molecule has 2 rings (SSSR count). The highest BCUT2D eigenvalue weighted by Gasteiger charge is 2.02. The molecule has 5 heteroatoms. The van der Waals surface area contributed by atoms with Crippen LogP contribution in [0.3, 0.4) is 0 Å². The molecule has 27 heavy (non-hydrogen) atoms. The summed E-state index contributed by atoms with van der Waals surface area (Å²) < 4.78 is 2.07. The van der Waals surface area contributed by atoms with Gasteiger partial charge in [-0.3, -0.25) is 0 Å². The van der Waals surface area contributed by atoms with E-state index in [2.05, 4.69) is 79.8 Å². The minimum Gasteiger partial charge on any atom is -0.193 e. The van der Waals surface area contributed by atoms with E-state index >= 15 is 0 Å². The fourth-order valence-electron chi connectivity index (χ4n) is 2.23. The Kier molecular flexibility index (Phi) is 9.74. The van der Waals surface area contributed by atoms with Gasteiger partial charge in [0.15, 0.2) is 0 Å². The number of nitriles is 2. The Morgan fingerprint density at radius 3 is 1.89 bits per heavy atom. The van der Waals surface area contributed by atoms with Gasteiger partial charge in [0.2, 0.25) is 0 Å². The van der Waals surface area contributed by atoms with Gasteiger partial charge in [-0.15, -0.1) is 0 Å². The molecule has 0 atom stereocenters. The molecule has 0 amide bonds. The summed E-state index contributed by atoms with van der Waals surface area (Å²) in [4.78, 5) is 0. The zero-order valence-corrected chi connectivity index (χ0v) is 20.3. The molecule has 0 unspecified atom stereocenters. The van der Waals surface area contributed by atoms with E-state index in [1.807, 2.05) is 38.1 Å². The highest BCUT2D eigenvalue weighted by Crippen LogP contribution is 2.26. The van der Waals surface area contributed by atoms with Crippen molar-refractivity contribution in [2.75, 3.05) is 0 Å². The molecule has 0 aromatic heterocycles. The van der Waals surface area contributed by atoms with Crippen molar-refractivity contribution in [3.63, 3.8) is 0 Å². The molecule has 2 aromatic rings. The predicted molar refractivity (Wildman–Crippen MR) is 125 cm³/mol. The second kappa shape index (κ2) is 11.2. The summed E-state index contributed by atoms with van der Waals surface area (Å²) in [6, 6.07) is 12.1. The van der Waals surface area contributed by atoms with Crippen molar-refractivity contribution in [1.29, 1.82) is 10.5 Å². The van der Waals surface area contributed by atoms with Gasteiger partial charge in [0.1, 0.15) is 0 Å². The zero-order valence-electron chi connectivity index (χ0n) is 15.6. The van der Waals surface area contributed by atoms with E-state index < -0.39 is 0 Å². The summed E-state index contributed by atoms with van der Waals surface area (Å²) in [6.07, 6.45) is 5.06. The Morgan fingerprint density at radius 1 is 0.852 bits per heavy atom. The van der Waals surface area contributed by atoms with E-state index in [1.54, 1.807) is 6.08 Å². The molecule has 0 fully saturated rings. The summed E-state index contributed by atoms with van der Waals surface area (Å²) in [5.74, 6) is 0. The van der Waals surface area contributed by atoms with E-state index in [0.717, 1.165) is 24.6 Å². The molecule has 0 saturated heterocycles. The Hall–Kier alpha value is -1.66. The van der Waals surface area contributed by atoms with Crippen molar-refractivity contribution < 1.29 is 0 Å². The molecule has 0 saturated carbocycles. The van der Waals surface area contributed by atoms with E-state index in [4.69, 9.17) is 10.5 Å². The van der Waals surface area contributed by atoms with Crippen LogP contribution in [0.15, 0.2) is 38.2 Å². The van der Waals surface area contributed by atoms with Crippen LogP contribution in [0.4, 0.5) is 0 Å². The monoisotopic (exact) mass is 548 g/mol. The van der Waals surface area contributed by atoms with Gasteiger partial charge in [0.05, 0.1) is 21.1 Å². The fourth-order valence-corrected chi connectivity index (χ4v) is 3.30. The first-order valence-corrected chi connectivity index (χ1v) is 10.4. The lowest BCUT2D eigenvalue weighted by Crippen LogP contribution is -1.88. The minimum absolute atomic E-state index is 0.611. The molecule has 0 aliphatic rings. The number of halogens is 3. The van der Waals surface area contributed by atoms with Gasteiger partial charge in [-0.1, -0.05) is 28.1 Å². The van der Waals surface area contributed by atoms with Crippen molar-refractivity contribution in [3.8, 4) is 12.1 Å². The molecule has 138 valence electrons. The third-order valence-electron chi connectivity index (χ3n) is 4.00. The summed E-state index contributed by atoms with van der Waals surface area (Å²) in [5.41, 5.74) is 7.41. The first kappa shape index (κ1) is 23.4. The van der Waals surface area contributed by atoms with Crippen molar-refractivity contribution in [2.45, 2.75) is 27.7 Å². The van der Waals surface area contributed by atoms with Crippen LogP contribution in [-0.2, 0) is 0 Å². The highest BCUT2D eigenvalue weighted by molar-refractivity contribution is 9.28. The second-order valence-electron chi connectivity index (χ2n) is 5.99. The molecule has 2 aromatic carbocycles. The summed E-state index contributed by atoms with van der Waals surface area (Å²) in [5, 5.41) is 17.3. The maximum atomic E-state index is 8.87. The molecule has 2 nitrogen and oxygen atoms in total. The van der Waals surface area contributed by atoms with Crippen LogP contribution in [0.5, 0.6) is 0 Å². The quantitative estimate of drug-likeness (QED) is 0.357. The topological polar surface area (TPSA) is 47.6 Å². The number of hydrogen-bond acceptors (Lipinski definition) is 2. The summed E-state index contributed by atoms with van der Waals surface area (Å²) >= 11 is 10.2. The van der Waals surface area contributed by atoms with Gasteiger partial charge in [0.25, 0.3) is 0 Å². The number of aryl methyl sites for hydroxylation is 4. The first-order chi connectivity index (χ1) is 12.7. The summed E-state index contributed by atoms with van der Waals surface area (Å²) in [6.45, 7) is 8.17. The van der Waals surface area contributed by atoms with Crippen LogP contribution in [0, 0.1) is 50.4 Å². The van der Waals surface area contributed by atoms with Gasteiger partial charge in [-0.05, 0) is 117 Å². The lowest BCUT2D eigenvalue weighted by atomic mass is 10.0. The maximum Gasteiger partial charge on any atom is 0.0998 e. The lowest BCUT2D eigenvalue weighted by Gasteiger charge is -2.04. The van der Waals surface area contributed by atoms with Gasteiger partial charge < -0.3 is 0 Å². The molecule has 0 aliphatic carbocycles. The molecule has 0 spiro atoms. The largest absolute Gasteiger partial charge is 0.193 e. The van der Waals surface area contributed by atoms with Gasteiger partial charge in [-0.25, -0.2) is 0 Å². The van der Waals surface area contributed by atoms with Crippen molar-refractivity contribution in [1.82, 2.24) is 0 Å². The van der Waals surface area contributed by atoms with Crippen LogP contribution < -0.4 is 0 Å². The van der Waals surface area contributed by atoms with E-state index in [9.17, 15) is 0 Å². The number of nitrogens with zero attached hydrogens (tertiary/aromatic N) is 2. The molecule has 0 aliphatic heterocycles. The average Bonchev–Trinajstić information content (AvgIpc) is 2.60. The van der Waals surface area contributed by atoms with Crippen LogP contribution >= 0.6 is 47.8 Å². The van der Waals surface area contributed by atoms with Gasteiger partial charge in [0, 0.05) is 10.5 Å². The van der Waals surface area contributed by atoms with Crippen LogP contribution in [0.25, 0.3) is 12.2 Å². The van der Waals surface area contributed by atoms with Crippen LogP contribution in [0.1, 0.15) is 38.9 Å². The Morgan fingerprint density at radius 2 is 1.37 bits per heavy atom. The van der Waals surface area contributed by atoms with E-state index in [1.165, 1.54) is 22.8 Å². The van der Waals surface area contributed by atoms with E-state index in [-0.39, 0.29) is 0 Å². The molecule has 0 radical (unpaired) electrons. The Balaban J connectivity index is 0.000000271. The van der Waals surface area contributed by atoms with Gasteiger partial charge >= 0.3 is 0 Å². The van der Waals surface area contributed by atoms with Crippen LogP contribution in [0.2, 0.25) is 0 Å². The zero-order chi connectivity index (χ0) is 20.6. The number of hydrogen-bond donors (Lipinski definition) is 0. The SMILES string of the molecule is Cc1cc(Br)c(C=C(Br)Br)cc1C.Cc1cc(C#N)c(/C=C/C#N)cc1C. The first-order valence-electron chi connectivity index (χ1n) is 8.06. The van der Waals surface area contributed by atoms with Crippen molar-refractivity contribution >= 4 is 59.9 Å².